The molecule has 1 N–H and O–H groups in total. The summed E-state index contributed by atoms with van der Waals surface area (Å²) < 4.78 is 9.45. The fourth-order valence-electron chi connectivity index (χ4n) is 2.66. The smallest absolute Gasteiger partial charge is 0.338 e. The Hall–Kier alpha value is -3.41. The maximum Gasteiger partial charge on any atom is 0.338 e. The van der Waals surface area contributed by atoms with Crippen molar-refractivity contribution in [2.45, 2.75) is 0 Å². The number of rotatable bonds is 3. The van der Waals surface area contributed by atoms with Gasteiger partial charge in [-0.25, -0.2) is 9.59 Å². The van der Waals surface area contributed by atoms with Gasteiger partial charge in [-0.05, 0) is 29.8 Å². The number of carbonyl (C=O) groups is 3. The second-order valence-electron chi connectivity index (χ2n) is 5.34. The molecule has 0 spiro atoms. The van der Waals surface area contributed by atoms with Gasteiger partial charge in [-0.1, -0.05) is 24.3 Å². The summed E-state index contributed by atoms with van der Waals surface area (Å²) in [5.41, 5.74) is 2.86. The average Bonchev–Trinajstić information content (AvgIpc) is 2.95. The van der Waals surface area contributed by atoms with Crippen LogP contribution in [-0.2, 0) is 14.3 Å². The molecule has 6 nitrogen and oxygen atoms in total. The molecule has 0 atom stereocenters. The predicted molar refractivity (Wildman–Crippen MR) is 92.1 cm³/mol. The normalized spacial score (nSPS) is 14.0. The lowest BCUT2D eigenvalue weighted by atomic mass is 10.00. The molecule has 1 aliphatic heterocycles. The van der Waals surface area contributed by atoms with Crippen molar-refractivity contribution in [2.24, 2.45) is 0 Å². The van der Waals surface area contributed by atoms with Gasteiger partial charge in [0.2, 0.25) is 0 Å². The van der Waals surface area contributed by atoms with Crippen LogP contribution in [0.4, 0.5) is 5.69 Å². The van der Waals surface area contributed by atoms with Crippen LogP contribution in [0.2, 0.25) is 0 Å². The summed E-state index contributed by atoms with van der Waals surface area (Å²) >= 11 is 0. The zero-order chi connectivity index (χ0) is 18.0. The van der Waals surface area contributed by atoms with Gasteiger partial charge in [-0.3, -0.25) is 4.79 Å². The lowest BCUT2D eigenvalue weighted by molar-refractivity contribution is -0.110. The minimum absolute atomic E-state index is 0.309. The fraction of sp³-hybridized carbons (Fsp3) is 0.105. The van der Waals surface area contributed by atoms with E-state index in [0.717, 1.165) is 0 Å². The largest absolute Gasteiger partial charge is 0.465 e. The molecule has 0 saturated heterocycles. The Morgan fingerprint density at radius 2 is 1.72 bits per heavy atom. The average molecular weight is 337 g/mol. The number of ether oxygens (including phenoxy) is 2. The molecular weight excluding hydrogens is 322 g/mol. The minimum Gasteiger partial charge on any atom is -0.465 e. The molecule has 0 unspecified atom stereocenters. The highest BCUT2D eigenvalue weighted by molar-refractivity contribution is 6.35. The van der Waals surface area contributed by atoms with Crippen molar-refractivity contribution >= 4 is 35.2 Å². The Labute approximate surface area is 144 Å². The molecule has 126 valence electrons. The predicted octanol–water partition coefficient (Wildman–Crippen LogP) is 2.75. The molecule has 3 rings (SSSR count). The van der Waals surface area contributed by atoms with Crippen LogP contribution in [-0.4, -0.2) is 32.1 Å². The van der Waals surface area contributed by atoms with E-state index < -0.39 is 11.9 Å². The van der Waals surface area contributed by atoms with E-state index in [1.54, 1.807) is 48.5 Å². The Balaban J connectivity index is 2.06. The zero-order valence-corrected chi connectivity index (χ0v) is 13.7. The summed E-state index contributed by atoms with van der Waals surface area (Å²) in [5.74, 6) is -1.27. The number of amides is 1. The Morgan fingerprint density at radius 3 is 2.44 bits per heavy atom. The number of hydrogen-bond donors (Lipinski definition) is 1. The monoisotopic (exact) mass is 337 g/mol. The molecule has 1 heterocycles. The highest BCUT2D eigenvalue weighted by atomic mass is 16.5. The first-order valence-electron chi connectivity index (χ1n) is 7.48. The van der Waals surface area contributed by atoms with E-state index in [0.29, 0.717) is 33.5 Å². The van der Waals surface area contributed by atoms with Gasteiger partial charge in [0.15, 0.2) is 0 Å². The summed E-state index contributed by atoms with van der Waals surface area (Å²) in [7, 11) is 2.60. The molecule has 25 heavy (non-hydrogen) atoms. The SMILES string of the molecule is COC(=O)c1ccc2c(c1)NC(=O)C2=Cc1ccccc1C(=O)OC. The highest BCUT2D eigenvalue weighted by Gasteiger charge is 2.26. The third-order valence-electron chi connectivity index (χ3n) is 3.89. The Bertz CT molecular complexity index is 914. The van der Waals surface area contributed by atoms with Crippen molar-refractivity contribution in [1.29, 1.82) is 0 Å². The summed E-state index contributed by atoms with van der Waals surface area (Å²) in [5, 5.41) is 2.72. The summed E-state index contributed by atoms with van der Waals surface area (Å²) in [4.78, 5) is 35.8. The van der Waals surface area contributed by atoms with Gasteiger partial charge in [0.05, 0.1) is 25.3 Å². The Kier molecular flexibility index (Phi) is 4.35. The van der Waals surface area contributed by atoms with E-state index >= 15 is 0 Å². The van der Waals surface area contributed by atoms with Crippen LogP contribution < -0.4 is 5.32 Å². The van der Waals surface area contributed by atoms with Crippen LogP contribution >= 0.6 is 0 Å². The van der Waals surface area contributed by atoms with Crippen LogP contribution in [0.3, 0.4) is 0 Å². The Morgan fingerprint density at radius 1 is 1.00 bits per heavy atom. The molecule has 2 aromatic carbocycles. The van der Waals surface area contributed by atoms with Gasteiger partial charge in [-0.2, -0.15) is 0 Å². The maximum absolute atomic E-state index is 12.3. The molecule has 0 aromatic heterocycles. The van der Waals surface area contributed by atoms with Crippen molar-refractivity contribution in [3.63, 3.8) is 0 Å². The second-order valence-corrected chi connectivity index (χ2v) is 5.34. The third kappa shape index (κ3) is 3.01. The molecular formula is C19H15NO5. The first kappa shape index (κ1) is 16.4. The number of hydrogen-bond acceptors (Lipinski definition) is 5. The van der Waals surface area contributed by atoms with Crippen LogP contribution in [0.1, 0.15) is 31.8 Å². The molecule has 0 fully saturated rings. The van der Waals surface area contributed by atoms with Gasteiger partial charge < -0.3 is 14.8 Å². The molecule has 1 aliphatic rings. The standard InChI is InChI=1S/C19H15NO5/c1-24-18(22)12-7-8-14-15(17(21)20-16(14)10-12)9-11-5-3-4-6-13(11)19(23)25-2/h3-10H,1-2H3,(H,20,21). The van der Waals surface area contributed by atoms with Crippen molar-refractivity contribution in [1.82, 2.24) is 0 Å². The van der Waals surface area contributed by atoms with Crippen molar-refractivity contribution in [3.8, 4) is 0 Å². The van der Waals surface area contributed by atoms with E-state index in [9.17, 15) is 14.4 Å². The number of esters is 2. The highest BCUT2D eigenvalue weighted by Crippen LogP contribution is 2.34. The number of carbonyl (C=O) groups excluding carboxylic acids is 3. The van der Waals surface area contributed by atoms with Crippen LogP contribution in [0.5, 0.6) is 0 Å². The van der Waals surface area contributed by atoms with E-state index in [-0.39, 0.29) is 5.91 Å². The first-order chi connectivity index (χ1) is 12.0. The fourth-order valence-corrected chi connectivity index (χ4v) is 2.66. The summed E-state index contributed by atoms with van der Waals surface area (Å²) in [6.07, 6.45) is 1.63. The quantitative estimate of drug-likeness (QED) is 0.688. The molecule has 6 heteroatoms. The molecule has 0 radical (unpaired) electrons. The first-order valence-corrected chi connectivity index (χ1v) is 7.48. The molecule has 0 aliphatic carbocycles. The van der Waals surface area contributed by atoms with E-state index in [1.165, 1.54) is 14.2 Å². The number of anilines is 1. The van der Waals surface area contributed by atoms with E-state index in [2.05, 4.69) is 10.1 Å². The lowest BCUT2D eigenvalue weighted by Crippen LogP contribution is -2.06. The van der Waals surface area contributed by atoms with Gasteiger partial charge in [0, 0.05) is 16.8 Å². The van der Waals surface area contributed by atoms with Gasteiger partial charge in [-0.15, -0.1) is 0 Å². The molecule has 0 saturated carbocycles. The van der Waals surface area contributed by atoms with E-state index in [1.807, 2.05) is 0 Å². The van der Waals surface area contributed by atoms with E-state index in [4.69, 9.17) is 4.74 Å². The maximum atomic E-state index is 12.3. The molecule has 2 aromatic rings. The van der Waals surface area contributed by atoms with Gasteiger partial charge >= 0.3 is 11.9 Å². The topological polar surface area (TPSA) is 81.7 Å². The third-order valence-corrected chi connectivity index (χ3v) is 3.89. The second kappa shape index (κ2) is 6.60. The van der Waals surface area contributed by atoms with Crippen LogP contribution in [0, 0.1) is 0 Å². The van der Waals surface area contributed by atoms with Gasteiger partial charge in [0.1, 0.15) is 0 Å². The number of fused-ring (bicyclic) bond motifs is 1. The zero-order valence-electron chi connectivity index (χ0n) is 13.7. The van der Waals surface area contributed by atoms with Crippen molar-refractivity contribution in [2.75, 3.05) is 19.5 Å². The van der Waals surface area contributed by atoms with Crippen molar-refractivity contribution in [3.05, 3.63) is 64.7 Å². The number of benzene rings is 2. The van der Waals surface area contributed by atoms with Crippen LogP contribution in [0.25, 0.3) is 11.6 Å². The lowest BCUT2D eigenvalue weighted by Gasteiger charge is -2.05. The minimum atomic E-state index is -0.481. The number of nitrogens with one attached hydrogen (secondary N) is 1. The van der Waals surface area contributed by atoms with Crippen molar-refractivity contribution < 1.29 is 23.9 Å². The van der Waals surface area contributed by atoms with Gasteiger partial charge in [0.25, 0.3) is 5.91 Å². The summed E-state index contributed by atoms with van der Waals surface area (Å²) in [6.45, 7) is 0. The molecule has 1 amide bonds. The van der Waals surface area contributed by atoms with Crippen LogP contribution in [0.15, 0.2) is 42.5 Å². The number of methoxy groups -OCH3 is 2. The molecule has 0 bridgehead atoms. The summed E-state index contributed by atoms with van der Waals surface area (Å²) in [6, 6.07) is 11.7.